The second-order valence-electron chi connectivity index (χ2n) is 4.32. The Labute approximate surface area is 116 Å². The van der Waals surface area contributed by atoms with Crippen molar-refractivity contribution in [3.63, 3.8) is 0 Å². The standard InChI is InChI=1S/C16H13ClO2/c1-18-15-7-6-14(12-4-2-3-5-13(12)15)16(17)11-8-9-19-10-11/h2-10,16H,1H3. The smallest absolute Gasteiger partial charge is 0.126 e. The Morgan fingerprint density at radius 3 is 2.53 bits per heavy atom. The number of hydrogen-bond donors (Lipinski definition) is 0. The summed E-state index contributed by atoms with van der Waals surface area (Å²) in [5.41, 5.74) is 2.01. The van der Waals surface area contributed by atoms with Crippen LogP contribution in [0.1, 0.15) is 16.5 Å². The van der Waals surface area contributed by atoms with Crippen LogP contribution in [0.2, 0.25) is 0 Å². The van der Waals surface area contributed by atoms with E-state index in [0.29, 0.717) is 0 Å². The molecule has 0 amide bonds. The normalized spacial score (nSPS) is 12.5. The van der Waals surface area contributed by atoms with E-state index >= 15 is 0 Å². The van der Waals surface area contributed by atoms with E-state index in [1.54, 1.807) is 19.6 Å². The van der Waals surface area contributed by atoms with Gasteiger partial charge >= 0.3 is 0 Å². The van der Waals surface area contributed by atoms with E-state index in [9.17, 15) is 0 Å². The van der Waals surface area contributed by atoms with Crippen molar-refractivity contribution in [1.82, 2.24) is 0 Å². The van der Waals surface area contributed by atoms with Crippen molar-refractivity contribution in [3.8, 4) is 5.75 Å². The molecule has 96 valence electrons. The summed E-state index contributed by atoms with van der Waals surface area (Å²) in [6, 6.07) is 13.9. The average Bonchev–Trinajstić information content (AvgIpc) is 2.99. The van der Waals surface area contributed by atoms with Gasteiger partial charge in [-0.15, -0.1) is 11.6 Å². The Morgan fingerprint density at radius 1 is 1.05 bits per heavy atom. The van der Waals surface area contributed by atoms with Crippen LogP contribution in [0.3, 0.4) is 0 Å². The number of fused-ring (bicyclic) bond motifs is 1. The van der Waals surface area contributed by atoms with E-state index < -0.39 is 0 Å². The molecule has 1 atom stereocenters. The molecule has 0 N–H and O–H groups in total. The third-order valence-corrected chi connectivity index (χ3v) is 3.73. The van der Waals surface area contributed by atoms with E-state index in [4.69, 9.17) is 20.8 Å². The largest absolute Gasteiger partial charge is 0.496 e. The predicted octanol–water partition coefficient (Wildman–Crippen LogP) is 4.77. The minimum absolute atomic E-state index is 0.227. The van der Waals surface area contributed by atoms with Gasteiger partial charge in [-0.1, -0.05) is 30.3 Å². The number of alkyl halides is 1. The van der Waals surface area contributed by atoms with E-state index in [-0.39, 0.29) is 5.38 Å². The summed E-state index contributed by atoms with van der Waals surface area (Å²) in [5, 5.41) is 1.94. The lowest BCUT2D eigenvalue weighted by molar-refractivity contribution is 0.419. The number of benzene rings is 2. The van der Waals surface area contributed by atoms with Crippen LogP contribution in [-0.4, -0.2) is 7.11 Å². The van der Waals surface area contributed by atoms with Crippen LogP contribution in [-0.2, 0) is 0 Å². The molecular weight excluding hydrogens is 260 g/mol. The third kappa shape index (κ3) is 2.08. The summed E-state index contributed by atoms with van der Waals surface area (Å²) >= 11 is 6.55. The fourth-order valence-electron chi connectivity index (χ4n) is 2.29. The van der Waals surface area contributed by atoms with Crippen molar-refractivity contribution in [2.24, 2.45) is 0 Å². The summed E-state index contributed by atoms with van der Waals surface area (Å²) in [5.74, 6) is 0.857. The van der Waals surface area contributed by atoms with Crippen LogP contribution in [0.5, 0.6) is 5.75 Å². The molecule has 19 heavy (non-hydrogen) atoms. The molecular formula is C16H13ClO2. The summed E-state index contributed by atoms with van der Waals surface area (Å²) in [7, 11) is 1.68. The van der Waals surface area contributed by atoms with Gasteiger partial charge in [-0.2, -0.15) is 0 Å². The Morgan fingerprint density at radius 2 is 1.84 bits per heavy atom. The summed E-state index contributed by atoms with van der Waals surface area (Å²) in [4.78, 5) is 0. The topological polar surface area (TPSA) is 22.4 Å². The molecule has 0 aliphatic carbocycles. The number of hydrogen-bond acceptors (Lipinski definition) is 2. The van der Waals surface area contributed by atoms with Crippen LogP contribution in [0.4, 0.5) is 0 Å². The first-order valence-corrected chi connectivity index (χ1v) is 6.46. The fraction of sp³-hybridized carbons (Fsp3) is 0.125. The highest BCUT2D eigenvalue weighted by Gasteiger charge is 2.16. The summed E-state index contributed by atoms with van der Waals surface area (Å²) in [6.07, 6.45) is 3.31. The maximum Gasteiger partial charge on any atom is 0.126 e. The molecule has 0 radical (unpaired) electrons. The maximum atomic E-state index is 6.55. The monoisotopic (exact) mass is 272 g/mol. The quantitative estimate of drug-likeness (QED) is 0.641. The zero-order chi connectivity index (χ0) is 13.2. The molecule has 3 rings (SSSR count). The summed E-state index contributed by atoms with van der Waals surface area (Å²) < 4.78 is 10.5. The molecule has 1 unspecified atom stereocenters. The Kier molecular flexibility index (Phi) is 3.18. The average molecular weight is 273 g/mol. The highest BCUT2D eigenvalue weighted by Crippen LogP contribution is 2.37. The van der Waals surface area contributed by atoms with Crippen LogP contribution >= 0.6 is 11.6 Å². The fourth-order valence-corrected chi connectivity index (χ4v) is 2.61. The molecule has 0 aliphatic heterocycles. The zero-order valence-corrected chi connectivity index (χ0v) is 11.2. The minimum atomic E-state index is -0.227. The first-order valence-electron chi connectivity index (χ1n) is 6.03. The molecule has 1 heterocycles. The third-order valence-electron chi connectivity index (χ3n) is 3.25. The molecule has 0 aliphatic rings. The lowest BCUT2D eigenvalue weighted by Gasteiger charge is -2.13. The first kappa shape index (κ1) is 12.1. The number of rotatable bonds is 3. The van der Waals surface area contributed by atoms with Gasteiger partial charge in [0.2, 0.25) is 0 Å². The van der Waals surface area contributed by atoms with Gasteiger partial charge in [0.1, 0.15) is 5.75 Å². The Balaban J connectivity index is 2.20. The molecule has 1 aromatic heterocycles. The minimum Gasteiger partial charge on any atom is -0.496 e. The second kappa shape index (κ2) is 4.98. The lowest BCUT2D eigenvalue weighted by atomic mass is 9.98. The van der Waals surface area contributed by atoms with Crippen LogP contribution in [0, 0.1) is 0 Å². The zero-order valence-electron chi connectivity index (χ0n) is 10.5. The number of methoxy groups -OCH3 is 1. The van der Waals surface area contributed by atoms with E-state index in [2.05, 4.69) is 6.07 Å². The Bertz CT molecular complexity index is 689. The molecule has 2 nitrogen and oxygen atoms in total. The van der Waals surface area contributed by atoms with Crippen molar-refractivity contribution in [2.45, 2.75) is 5.38 Å². The maximum absolute atomic E-state index is 6.55. The van der Waals surface area contributed by atoms with Gasteiger partial charge in [0.15, 0.2) is 0 Å². The lowest BCUT2D eigenvalue weighted by Crippen LogP contribution is -1.94. The van der Waals surface area contributed by atoms with Gasteiger partial charge in [-0.25, -0.2) is 0 Å². The number of ether oxygens (including phenoxy) is 1. The highest BCUT2D eigenvalue weighted by atomic mass is 35.5. The molecule has 0 spiro atoms. The van der Waals surface area contributed by atoms with Gasteiger partial charge in [0.05, 0.1) is 25.0 Å². The van der Waals surface area contributed by atoms with E-state index in [1.807, 2.05) is 36.4 Å². The highest BCUT2D eigenvalue weighted by molar-refractivity contribution is 6.23. The molecule has 2 aromatic carbocycles. The van der Waals surface area contributed by atoms with Crippen molar-refractivity contribution in [1.29, 1.82) is 0 Å². The van der Waals surface area contributed by atoms with Gasteiger partial charge < -0.3 is 9.15 Å². The first-order chi connectivity index (χ1) is 9.31. The van der Waals surface area contributed by atoms with Crippen LogP contribution in [0.15, 0.2) is 59.4 Å². The van der Waals surface area contributed by atoms with Gasteiger partial charge in [0, 0.05) is 10.9 Å². The molecule has 3 aromatic rings. The molecule has 0 saturated heterocycles. The number of furan rings is 1. The molecule has 0 saturated carbocycles. The van der Waals surface area contributed by atoms with Crippen molar-refractivity contribution >= 4 is 22.4 Å². The van der Waals surface area contributed by atoms with Gasteiger partial charge in [-0.05, 0) is 23.1 Å². The second-order valence-corrected chi connectivity index (χ2v) is 4.76. The van der Waals surface area contributed by atoms with Crippen molar-refractivity contribution < 1.29 is 9.15 Å². The van der Waals surface area contributed by atoms with Crippen molar-refractivity contribution in [3.05, 3.63) is 66.1 Å². The SMILES string of the molecule is COc1ccc(C(Cl)c2ccoc2)c2ccccc12. The molecule has 0 bridgehead atoms. The van der Waals surface area contributed by atoms with Gasteiger partial charge in [0.25, 0.3) is 0 Å². The predicted molar refractivity (Wildman–Crippen MR) is 76.9 cm³/mol. The van der Waals surface area contributed by atoms with Gasteiger partial charge in [-0.3, -0.25) is 0 Å². The number of halogens is 1. The Hall–Kier alpha value is -1.93. The van der Waals surface area contributed by atoms with Crippen LogP contribution < -0.4 is 4.74 Å². The summed E-state index contributed by atoms with van der Waals surface area (Å²) in [6.45, 7) is 0. The molecule has 0 fully saturated rings. The van der Waals surface area contributed by atoms with E-state index in [0.717, 1.165) is 27.6 Å². The van der Waals surface area contributed by atoms with Crippen molar-refractivity contribution in [2.75, 3.05) is 7.11 Å². The van der Waals surface area contributed by atoms with E-state index in [1.165, 1.54) is 0 Å². The van der Waals surface area contributed by atoms with Crippen LogP contribution in [0.25, 0.3) is 10.8 Å². The molecule has 3 heteroatoms.